The smallest absolute Gasteiger partial charge is 0.164 e. The molecule has 4 aromatic carbocycles. The fourth-order valence-corrected chi connectivity index (χ4v) is 5.39. The van der Waals surface area contributed by atoms with Crippen molar-refractivity contribution in [3.8, 4) is 34.2 Å². The molecule has 0 aliphatic carbocycles. The third-order valence-electron chi connectivity index (χ3n) is 6.90. The van der Waals surface area contributed by atoms with E-state index in [4.69, 9.17) is 35.4 Å². The van der Waals surface area contributed by atoms with Crippen molar-refractivity contribution in [1.29, 1.82) is 0 Å². The van der Waals surface area contributed by atoms with Crippen molar-refractivity contribution in [2.24, 2.45) is 0 Å². The van der Waals surface area contributed by atoms with Crippen LogP contribution in [0.2, 0.25) is 5.02 Å². The molecular formula is C33H22ClN3O2. The molecule has 7 aromatic rings. The van der Waals surface area contributed by atoms with Gasteiger partial charge < -0.3 is 8.83 Å². The van der Waals surface area contributed by atoms with Gasteiger partial charge in [-0.2, -0.15) is 0 Å². The number of furan rings is 2. The van der Waals surface area contributed by atoms with E-state index in [1.165, 1.54) is 0 Å². The summed E-state index contributed by atoms with van der Waals surface area (Å²) in [5.41, 5.74) is 5.81. The van der Waals surface area contributed by atoms with Crippen LogP contribution in [0, 0.1) is 6.92 Å². The highest BCUT2D eigenvalue weighted by Crippen LogP contribution is 2.40. The monoisotopic (exact) mass is 527 g/mol. The Morgan fingerprint density at radius 2 is 1.31 bits per heavy atom. The second-order valence-corrected chi connectivity index (χ2v) is 9.73. The molecule has 3 heterocycles. The van der Waals surface area contributed by atoms with E-state index in [0.717, 1.165) is 55.3 Å². The Labute approximate surface area is 229 Å². The van der Waals surface area contributed by atoms with Crippen LogP contribution in [-0.2, 0) is 0 Å². The first-order valence-corrected chi connectivity index (χ1v) is 13.1. The molecule has 0 fully saturated rings. The molecule has 0 atom stereocenters. The van der Waals surface area contributed by atoms with Crippen LogP contribution < -0.4 is 0 Å². The van der Waals surface area contributed by atoms with E-state index in [1.54, 1.807) is 0 Å². The van der Waals surface area contributed by atoms with Crippen molar-refractivity contribution >= 4 is 50.6 Å². The molecule has 6 heteroatoms. The Hall–Kier alpha value is -4.74. The van der Waals surface area contributed by atoms with E-state index >= 15 is 0 Å². The van der Waals surface area contributed by atoms with Gasteiger partial charge in [0.05, 0.1) is 5.02 Å². The summed E-state index contributed by atoms with van der Waals surface area (Å²) in [7, 11) is 0. The lowest BCUT2D eigenvalue weighted by atomic mass is 10.0. The molecule has 0 saturated heterocycles. The van der Waals surface area contributed by atoms with Crippen LogP contribution in [0.25, 0.3) is 73.1 Å². The van der Waals surface area contributed by atoms with E-state index < -0.39 is 0 Å². The van der Waals surface area contributed by atoms with Crippen molar-refractivity contribution in [1.82, 2.24) is 15.0 Å². The van der Waals surface area contributed by atoms with Crippen LogP contribution >= 0.6 is 11.6 Å². The number of aromatic nitrogens is 3. The number of fused-ring (bicyclic) bond motifs is 4. The summed E-state index contributed by atoms with van der Waals surface area (Å²) in [5.74, 6) is 2.55. The van der Waals surface area contributed by atoms with Crippen LogP contribution in [0.4, 0.5) is 0 Å². The van der Waals surface area contributed by atoms with Crippen molar-refractivity contribution in [3.63, 3.8) is 0 Å². The molecule has 0 N–H and O–H groups in total. The second kappa shape index (κ2) is 9.22. The van der Waals surface area contributed by atoms with Gasteiger partial charge in [0.25, 0.3) is 0 Å². The number of allylic oxidation sites excluding steroid dienone is 1. The fourth-order valence-electron chi connectivity index (χ4n) is 5.18. The maximum atomic E-state index is 6.49. The number of halogens is 1. The molecule has 0 aliphatic rings. The molecular weight excluding hydrogens is 506 g/mol. The van der Waals surface area contributed by atoms with Gasteiger partial charge in [-0.15, -0.1) is 0 Å². The Morgan fingerprint density at radius 3 is 2.03 bits per heavy atom. The maximum absolute atomic E-state index is 6.49. The number of hydrogen-bond acceptors (Lipinski definition) is 5. The van der Waals surface area contributed by atoms with Gasteiger partial charge in [0.1, 0.15) is 16.9 Å². The molecule has 7 rings (SSSR count). The lowest BCUT2D eigenvalue weighted by molar-refractivity contribution is 0.577. The summed E-state index contributed by atoms with van der Waals surface area (Å²) >= 11 is 6.49. The zero-order valence-corrected chi connectivity index (χ0v) is 22.0. The van der Waals surface area contributed by atoms with Gasteiger partial charge in [-0.1, -0.05) is 90.5 Å². The quantitative estimate of drug-likeness (QED) is 0.228. The summed E-state index contributed by atoms with van der Waals surface area (Å²) < 4.78 is 12.3. The van der Waals surface area contributed by atoms with E-state index in [2.05, 4.69) is 6.08 Å². The number of para-hydroxylation sites is 1. The predicted molar refractivity (Wildman–Crippen MR) is 158 cm³/mol. The van der Waals surface area contributed by atoms with Crippen molar-refractivity contribution in [3.05, 3.63) is 107 Å². The molecule has 0 unspecified atom stereocenters. The van der Waals surface area contributed by atoms with Crippen LogP contribution in [-0.4, -0.2) is 15.0 Å². The summed E-state index contributed by atoms with van der Waals surface area (Å²) in [6, 6.07) is 27.6. The standard InChI is InChI=1S/C33H22ClN3O2/c1-3-10-21-19(2)38-26-17-8-14-23(28(21)26)32-35-31(20-11-5-4-6-12-20)36-33(37-32)24-15-9-18-27-29(24)22-13-7-16-25(34)30(22)39-27/h3-18H,1-2H3/b10-3-. The second-order valence-electron chi connectivity index (χ2n) is 9.32. The molecule has 0 radical (unpaired) electrons. The van der Waals surface area contributed by atoms with Crippen LogP contribution in [0.15, 0.2) is 99.8 Å². The number of nitrogens with zero attached hydrogens (tertiary/aromatic N) is 3. The van der Waals surface area contributed by atoms with Gasteiger partial charge in [-0.3, -0.25) is 0 Å². The van der Waals surface area contributed by atoms with Crippen molar-refractivity contribution < 1.29 is 8.83 Å². The summed E-state index contributed by atoms with van der Waals surface area (Å²) in [6.45, 7) is 3.97. The molecule has 188 valence electrons. The largest absolute Gasteiger partial charge is 0.461 e. The van der Waals surface area contributed by atoms with Crippen molar-refractivity contribution in [2.75, 3.05) is 0 Å². The zero-order valence-electron chi connectivity index (χ0n) is 21.3. The number of benzene rings is 4. The first-order valence-electron chi connectivity index (χ1n) is 12.7. The van der Waals surface area contributed by atoms with Gasteiger partial charge in [0.15, 0.2) is 23.1 Å². The lowest BCUT2D eigenvalue weighted by Gasteiger charge is -2.10. The highest BCUT2D eigenvalue weighted by Gasteiger charge is 2.21. The maximum Gasteiger partial charge on any atom is 0.164 e. The van der Waals surface area contributed by atoms with Crippen LogP contribution in [0.5, 0.6) is 0 Å². The molecule has 0 bridgehead atoms. The number of aryl methyl sites for hydroxylation is 1. The molecule has 0 spiro atoms. The minimum atomic E-state index is 0.553. The molecule has 0 amide bonds. The Morgan fingerprint density at radius 1 is 0.667 bits per heavy atom. The predicted octanol–water partition coefficient (Wildman–Crippen LogP) is 9.51. The Kier molecular flexibility index (Phi) is 5.53. The van der Waals surface area contributed by atoms with Gasteiger partial charge in [0.2, 0.25) is 0 Å². The molecule has 0 saturated carbocycles. The first kappa shape index (κ1) is 23.4. The minimum Gasteiger partial charge on any atom is -0.461 e. The SMILES string of the molecule is C/C=C\c1c(C)oc2cccc(-c3nc(-c4ccccc4)nc(-c4cccc5oc6c(Cl)cccc6c45)n3)c12. The third-order valence-corrected chi connectivity index (χ3v) is 7.19. The Bertz CT molecular complexity index is 2060. The van der Waals surface area contributed by atoms with E-state index in [0.29, 0.717) is 28.1 Å². The zero-order chi connectivity index (χ0) is 26.5. The van der Waals surface area contributed by atoms with E-state index in [1.807, 2.05) is 105 Å². The summed E-state index contributed by atoms with van der Waals surface area (Å²) in [4.78, 5) is 15.0. The highest BCUT2D eigenvalue weighted by molar-refractivity contribution is 6.36. The number of hydrogen-bond donors (Lipinski definition) is 0. The summed E-state index contributed by atoms with van der Waals surface area (Å²) in [5, 5.41) is 3.37. The normalized spacial score (nSPS) is 11.9. The van der Waals surface area contributed by atoms with Crippen LogP contribution in [0.3, 0.4) is 0 Å². The average Bonchev–Trinajstić information content (AvgIpc) is 3.51. The van der Waals surface area contributed by atoms with Crippen LogP contribution in [0.1, 0.15) is 18.2 Å². The van der Waals surface area contributed by atoms with Gasteiger partial charge in [-0.05, 0) is 32.0 Å². The molecule has 0 aliphatic heterocycles. The van der Waals surface area contributed by atoms with Crippen molar-refractivity contribution in [2.45, 2.75) is 13.8 Å². The van der Waals surface area contributed by atoms with E-state index in [-0.39, 0.29) is 0 Å². The topological polar surface area (TPSA) is 65.0 Å². The molecule has 5 nitrogen and oxygen atoms in total. The number of rotatable bonds is 4. The molecule has 39 heavy (non-hydrogen) atoms. The average molecular weight is 528 g/mol. The first-order chi connectivity index (χ1) is 19.1. The van der Waals surface area contributed by atoms with Gasteiger partial charge >= 0.3 is 0 Å². The highest BCUT2D eigenvalue weighted by atomic mass is 35.5. The third kappa shape index (κ3) is 3.82. The fraction of sp³-hybridized carbons (Fsp3) is 0.0606. The van der Waals surface area contributed by atoms with Gasteiger partial charge in [0, 0.05) is 38.4 Å². The van der Waals surface area contributed by atoms with Gasteiger partial charge in [-0.25, -0.2) is 15.0 Å². The van der Waals surface area contributed by atoms with E-state index in [9.17, 15) is 0 Å². The molecule has 3 aromatic heterocycles. The lowest BCUT2D eigenvalue weighted by Crippen LogP contribution is -2.00. The minimum absolute atomic E-state index is 0.553. The summed E-state index contributed by atoms with van der Waals surface area (Å²) in [6.07, 6.45) is 4.07. The Balaban J connectivity index is 1.56.